The molecule has 53 heavy (non-hydrogen) atoms. The van der Waals surface area contributed by atoms with Crippen LogP contribution in [-0.2, 0) is 58.5 Å². The van der Waals surface area contributed by atoms with Gasteiger partial charge in [0.2, 0.25) is 0 Å². The van der Waals surface area contributed by atoms with E-state index < -0.39 is 103 Å². The van der Waals surface area contributed by atoms with E-state index in [2.05, 4.69) is 4.99 Å². The lowest BCUT2D eigenvalue weighted by atomic mass is 9.95. The molecule has 0 aliphatic carbocycles. The Morgan fingerprint density at radius 3 is 2.11 bits per heavy atom. The number of carbonyl (C=O) groups excluding carboxylic acids is 3. The van der Waals surface area contributed by atoms with E-state index in [9.17, 15) is 27.6 Å². The van der Waals surface area contributed by atoms with Crippen molar-refractivity contribution in [3.63, 3.8) is 0 Å². The van der Waals surface area contributed by atoms with E-state index in [1.54, 1.807) is 20.8 Å². The molecule has 0 unspecified atom stereocenters. The molecule has 3 fully saturated rings. The van der Waals surface area contributed by atoms with Crippen molar-refractivity contribution in [2.24, 2.45) is 4.99 Å². The molecule has 290 valence electrons. The Kier molecular flexibility index (Phi) is 12.6. The SMILES string of the molecule is CC(=O)OC[C@H]1O[C@H](O[C@@H]2[C@H]3OC(C)(C)O[C@H]3[C@H](Sc3c(C)cccc3C)O[C@H]2C)[C@H](N=Cc2ccccc2C(F)(F)F)[C@@H](OC(C)=O)[C@@H]1OC(C)=O. The number of alkyl halides is 3. The first-order valence-corrected chi connectivity index (χ1v) is 17.9. The number of ether oxygens (including phenoxy) is 8. The van der Waals surface area contributed by atoms with Crippen molar-refractivity contribution in [3.05, 3.63) is 64.7 Å². The monoisotopic (exact) mass is 767 g/mol. The fourth-order valence-electron chi connectivity index (χ4n) is 6.64. The van der Waals surface area contributed by atoms with Crippen molar-refractivity contribution in [3.8, 4) is 0 Å². The van der Waals surface area contributed by atoms with Crippen molar-refractivity contribution >= 4 is 35.9 Å². The van der Waals surface area contributed by atoms with E-state index in [1.165, 1.54) is 36.9 Å². The molecule has 0 amide bonds. The predicted octanol–water partition coefficient (Wildman–Crippen LogP) is 5.70. The van der Waals surface area contributed by atoms with E-state index in [-0.39, 0.29) is 5.56 Å². The molecule has 3 heterocycles. The summed E-state index contributed by atoms with van der Waals surface area (Å²) in [6.07, 6.45) is -12.4. The fourth-order valence-corrected chi connectivity index (χ4v) is 7.96. The van der Waals surface area contributed by atoms with Crippen LogP contribution in [0.2, 0.25) is 0 Å². The van der Waals surface area contributed by atoms with Gasteiger partial charge >= 0.3 is 24.1 Å². The Morgan fingerprint density at radius 2 is 1.49 bits per heavy atom. The van der Waals surface area contributed by atoms with Gasteiger partial charge in [-0.1, -0.05) is 48.2 Å². The van der Waals surface area contributed by atoms with Crippen molar-refractivity contribution < 1.29 is 65.4 Å². The van der Waals surface area contributed by atoms with Crippen LogP contribution in [0.1, 0.15) is 63.8 Å². The molecule has 10 atom stereocenters. The second-order valence-corrected chi connectivity index (χ2v) is 14.7. The number of benzene rings is 2. The van der Waals surface area contributed by atoms with Crippen LogP contribution in [0.5, 0.6) is 0 Å². The molecule has 12 nitrogen and oxygen atoms in total. The van der Waals surface area contributed by atoms with E-state index in [4.69, 9.17) is 37.9 Å². The normalized spacial score (nSPS) is 31.2. The molecule has 16 heteroatoms. The minimum absolute atomic E-state index is 0.290. The summed E-state index contributed by atoms with van der Waals surface area (Å²) < 4.78 is 90.6. The number of hydrogen-bond acceptors (Lipinski definition) is 13. The fraction of sp³-hybridized carbons (Fsp3) is 0.568. The van der Waals surface area contributed by atoms with Gasteiger partial charge in [0, 0.05) is 37.4 Å². The van der Waals surface area contributed by atoms with Crippen LogP contribution in [0.15, 0.2) is 52.4 Å². The van der Waals surface area contributed by atoms with Gasteiger partial charge in [-0.25, -0.2) is 0 Å². The molecule has 0 radical (unpaired) electrons. The smallest absolute Gasteiger partial charge is 0.417 e. The molecule has 0 bridgehead atoms. The molecule has 2 aromatic carbocycles. The molecule has 0 spiro atoms. The van der Waals surface area contributed by atoms with Gasteiger partial charge in [-0.15, -0.1) is 0 Å². The first kappa shape index (κ1) is 40.6. The van der Waals surface area contributed by atoms with Crippen LogP contribution < -0.4 is 0 Å². The maximum absolute atomic E-state index is 14.0. The summed E-state index contributed by atoms with van der Waals surface area (Å²) in [5.74, 6) is -3.35. The Bertz CT molecular complexity index is 1670. The van der Waals surface area contributed by atoms with Gasteiger partial charge in [0.05, 0.1) is 11.7 Å². The molecule has 3 aliphatic heterocycles. The average Bonchev–Trinajstić information content (AvgIpc) is 3.38. The zero-order valence-corrected chi connectivity index (χ0v) is 31.4. The first-order valence-electron chi connectivity index (χ1n) is 17.1. The molecule has 0 aromatic heterocycles. The number of esters is 3. The predicted molar refractivity (Wildman–Crippen MR) is 184 cm³/mol. The topological polar surface area (TPSA) is 137 Å². The summed E-state index contributed by atoms with van der Waals surface area (Å²) in [6, 6.07) is 9.34. The number of nitrogens with zero attached hydrogens (tertiary/aromatic N) is 1. The third-order valence-corrected chi connectivity index (χ3v) is 10.3. The summed E-state index contributed by atoms with van der Waals surface area (Å²) in [5, 5.41) is 0. The molecular weight excluding hydrogens is 723 g/mol. The van der Waals surface area contributed by atoms with Crippen molar-refractivity contribution in [1.82, 2.24) is 0 Å². The molecule has 0 saturated carbocycles. The van der Waals surface area contributed by atoms with Crippen LogP contribution >= 0.6 is 11.8 Å². The van der Waals surface area contributed by atoms with Crippen molar-refractivity contribution in [2.45, 2.75) is 133 Å². The minimum Gasteiger partial charge on any atom is -0.463 e. The number of aryl methyl sites for hydroxylation is 2. The molecule has 3 aliphatic rings. The maximum Gasteiger partial charge on any atom is 0.417 e. The molecule has 5 rings (SSSR count). The highest BCUT2D eigenvalue weighted by Gasteiger charge is 2.58. The summed E-state index contributed by atoms with van der Waals surface area (Å²) in [4.78, 5) is 42.2. The number of rotatable bonds is 10. The van der Waals surface area contributed by atoms with Gasteiger partial charge in [-0.05, 0) is 51.8 Å². The van der Waals surface area contributed by atoms with Gasteiger partial charge < -0.3 is 37.9 Å². The van der Waals surface area contributed by atoms with Gasteiger partial charge in [-0.2, -0.15) is 13.2 Å². The van der Waals surface area contributed by atoms with Crippen LogP contribution in [0.25, 0.3) is 0 Å². The van der Waals surface area contributed by atoms with E-state index in [0.29, 0.717) is 0 Å². The Labute approximate surface area is 310 Å². The largest absolute Gasteiger partial charge is 0.463 e. The lowest BCUT2D eigenvalue weighted by Crippen LogP contribution is -2.64. The average molecular weight is 768 g/mol. The van der Waals surface area contributed by atoms with Gasteiger partial charge in [-0.3, -0.25) is 19.4 Å². The number of hydrogen-bond donors (Lipinski definition) is 0. The standard InChI is InChI=1S/C37H44F3NO11S/c1-18-12-11-13-19(2)33(18)53-35-32-31(51-36(7,8)52-32)28(20(3)46-35)50-34-27(41-16-24-14-9-10-15-25(24)37(38,39)40)30(48-23(6)44)29(47-22(5)43)26(49-34)17-45-21(4)42/h9-16,20,26-32,34-35H,17H2,1-8H3/t20-,26+,27+,28-,29+,30+,31+,32+,34+,35-/m0/s1. The van der Waals surface area contributed by atoms with Crippen LogP contribution in [0, 0.1) is 13.8 Å². The van der Waals surface area contributed by atoms with E-state index in [0.717, 1.165) is 42.2 Å². The Hall–Kier alpha value is -3.54. The zero-order chi connectivity index (χ0) is 38.8. The molecular formula is C37H44F3NO11S. The van der Waals surface area contributed by atoms with Gasteiger partial charge in [0.25, 0.3) is 0 Å². The summed E-state index contributed by atoms with van der Waals surface area (Å²) in [5.41, 5.74) is 0.326. The van der Waals surface area contributed by atoms with Crippen LogP contribution in [-0.4, -0.2) is 97.0 Å². The van der Waals surface area contributed by atoms with Crippen LogP contribution in [0.4, 0.5) is 13.2 Å². The Balaban J connectivity index is 1.55. The number of halogens is 3. The highest BCUT2D eigenvalue weighted by Crippen LogP contribution is 2.46. The Morgan fingerprint density at radius 1 is 0.868 bits per heavy atom. The molecule has 2 aromatic rings. The number of thioether (sulfide) groups is 1. The van der Waals surface area contributed by atoms with E-state index >= 15 is 0 Å². The van der Waals surface area contributed by atoms with E-state index in [1.807, 2.05) is 32.0 Å². The summed E-state index contributed by atoms with van der Waals surface area (Å²) >= 11 is 1.50. The third-order valence-electron chi connectivity index (χ3n) is 8.82. The van der Waals surface area contributed by atoms with Crippen molar-refractivity contribution in [2.75, 3.05) is 6.61 Å². The van der Waals surface area contributed by atoms with Crippen molar-refractivity contribution in [1.29, 1.82) is 0 Å². The maximum atomic E-state index is 14.0. The number of carbonyl (C=O) groups is 3. The number of fused-ring (bicyclic) bond motifs is 1. The highest BCUT2D eigenvalue weighted by atomic mass is 32.2. The van der Waals surface area contributed by atoms with Gasteiger partial charge in [0.15, 0.2) is 24.3 Å². The second kappa shape index (κ2) is 16.4. The lowest BCUT2D eigenvalue weighted by molar-refractivity contribution is -0.307. The van der Waals surface area contributed by atoms with Crippen LogP contribution in [0.3, 0.4) is 0 Å². The summed E-state index contributed by atoms with van der Waals surface area (Å²) in [6.45, 7) is 12.2. The molecule has 3 saturated heterocycles. The third kappa shape index (κ3) is 9.77. The summed E-state index contributed by atoms with van der Waals surface area (Å²) in [7, 11) is 0. The second-order valence-electron chi connectivity index (χ2n) is 13.6. The minimum atomic E-state index is -4.71. The first-order chi connectivity index (χ1) is 24.8. The molecule has 0 N–H and O–H groups in total. The zero-order valence-electron chi connectivity index (χ0n) is 30.6. The highest BCUT2D eigenvalue weighted by molar-refractivity contribution is 8.00. The lowest BCUT2D eigenvalue weighted by Gasteiger charge is -2.47. The van der Waals surface area contributed by atoms with Gasteiger partial charge in [0.1, 0.15) is 42.5 Å². The quantitative estimate of drug-likeness (QED) is 0.167. The number of aliphatic imine (C=N–C) groups is 1.